The molecular formula is C13H20FN3. The molecule has 0 atom stereocenters. The molecule has 1 aromatic rings. The number of halogens is 1. The highest BCUT2D eigenvalue weighted by molar-refractivity contribution is 5.77. The van der Waals surface area contributed by atoms with Crippen LogP contribution in [0.2, 0.25) is 0 Å². The molecule has 94 valence electrons. The molecule has 0 amide bonds. The minimum atomic E-state index is -0.212. The van der Waals surface area contributed by atoms with E-state index >= 15 is 0 Å². The Hall–Kier alpha value is -1.58. The molecule has 0 aromatic heterocycles. The fourth-order valence-corrected chi connectivity index (χ4v) is 1.36. The molecule has 2 N–H and O–H groups in total. The highest BCUT2D eigenvalue weighted by Crippen LogP contribution is 2.08. The van der Waals surface area contributed by atoms with Gasteiger partial charge in [-0.05, 0) is 12.0 Å². The van der Waals surface area contributed by atoms with Crippen molar-refractivity contribution < 1.29 is 4.39 Å². The topological polar surface area (TPSA) is 41.6 Å². The van der Waals surface area contributed by atoms with Gasteiger partial charge in [0.1, 0.15) is 5.82 Å². The average Bonchev–Trinajstić information content (AvgIpc) is 2.28. The molecule has 0 unspecified atom stereocenters. The highest BCUT2D eigenvalue weighted by Gasteiger charge is 2.06. The molecule has 0 saturated heterocycles. The third kappa shape index (κ3) is 4.43. The van der Waals surface area contributed by atoms with Gasteiger partial charge in [-0.3, -0.25) is 4.99 Å². The Bertz CT molecular complexity index is 388. The van der Waals surface area contributed by atoms with Crippen molar-refractivity contribution in [2.24, 2.45) is 16.6 Å². The minimum Gasteiger partial charge on any atom is -0.370 e. The van der Waals surface area contributed by atoms with E-state index in [9.17, 15) is 4.39 Å². The SMILES string of the molecule is CC(C)CN=C(N)N(C)Cc1ccccc1F. The summed E-state index contributed by atoms with van der Waals surface area (Å²) in [6.45, 7) is 5.27. The predicted octanol–water partition coefficient (Wildman–Crippen LogP) is 2.23. The molecule has 0 spiro atoms. The first kappa shape index (κ1) is 13.5. The number of nitrogens with zero attached hydrogens (tertiary/aromatic N) is 2. The van der Waals surface area contributed by atoms with Crippen molar-refractivity contribution in [2.45, 2.75) is 20.4 Å². The summed E-state index contributed by atoms with van der Waals surface area (Å²) in [6, 6.07) is 6.69. The second kappa shape index (κ2) is 6.23. The standard InChI is InChI=1S/C13H20FN3/c1-10(2)8-16-13(15)17(3)9-11-6-4-5-7-12(11)14/h4-7,10H,8-9H2,1-3H3,(H2,15,16). The van der Waals surface area contributed by atoms with E-state index in [1.54, 1.807) is 17.0 Å². The molecule has 0 bridgehead atoms. The van der Waals surface area contributed by atoms with Crippen LogP contribution in [0, 0.1) is 11.7 Å². The second-order valence-corrected chi connectivity index (χ2v) is 4.54. The summed E-state index contributed by atoms with van der Waals surface area (Å²) in [5, 5.41) is 0. The lowest BCUT2D eigenvalue weighted by Gasteiger charge is -2.18. The molecule has 4 heteroatoms. The first-order valence-electron chi connectivity index (χ1n) is 5.75. The summed E-state index contributed by atoms with van der Waals surface area (Å²) >= 11 is 0. The van der Waals surface area contributed by atoms with Crippen LogP contribution in [0.15, 0.2) is 29.3 Å². The second-order valence-electron chi connectivity index (χ2n) is 4.54. The van der Waals surface area contributed by atoms with Gasteiger partial charge in [0.2, 0.25) is 0 Å². The van der Waals surface area contributed by atoms with Gasteiger partial charge in [-0.2, -0.15) is 0 Å². The van der Waals surface area contributed by atoms with Gasteiger partial charge in [-0.25, -0.2) is 4.39 Å². The van der Waals surface area contributed by atoms with Crippen molar-refractivity contribution in [1.29, 1.82) is 0 Å². The number of guanidine groups is 1. The van der Waals surface area contributed by atoms with Crippen LogP contribution in [-0.4, -0.2) is 24.5 Å². The highest BCUT2D eigenvalue weighted by atomic mass is 19.1. The summed E-state index contributed by atoms with van der Waals surface area (Å²) in [4.78, 5) is 6.00. The van der Waals surface area contributed by atoms with E-state index < -0.39 is 0 Å². The number of benzene rings is 1. The molecule has 1 rings (SSSR count). The van der Waals surface area contributed by atoms with Gasteiger partial charge in [-0.1, -0.05) is 32.0 Å². The summed E-state index contributed by atoms with van der Waals surface area (Å²) in [5.41, 5.74) is 6.44. The Balaban J connectivity index is 2.63. The Morgan fingerprint density at radius 1 is 1.41 bits per heavy atom. The Morgan fingerprint density at radius 2 is 2.06 bits per heavy atom. The van der Waals surface area contributed by atoms with Crippen molar-refractivity contribution in [3.63, 3.8) is 0 Å². The molecule has 0 fully saturated rings. The van der Waals surface area contributed by atoms with Crippen LogP contribution in [0.4, 0.5) is 4.39 Å². The first-order valence-corrected chi connectivity index (χ1v) is 5.75. The van der Waals surface area contributed by atoms with E-state index in [1.165, 1.54) is 6.07 Å². The van der Waals surface area contributed by atoms with Gasteiger partial charge in [0.25, 0.3) is 0 Å². The van der Waals surface area contributed by atoms with Gasteiger partial charge < -0.3 is 10.6 Å². The first-order chi connectivity index (χ1) is 8.00. The Morgan fingerprint density at radius 3 is 2.65 bits per heavy atom. The van der Waals surface area contributed by atoms with Crippen molar-refractivity contribution >= 4 is 5.96 Å². The van der Waals surface area contributed by atoms with Crippen LogP contribution < -0.4 is 5.73 Å². The molecule has 3 nitrogen and oxygen atoms in total. The number of hydrogen-bond donors (Lipinski definition) is 1. The smallest absolute Gasteiger partial charge is 0.191 e. The lowest BCUT2D eigenvalue weighted by Crippen LogP contribution is -2.34. The molecule has 0 heterocycles. The molecule has 0 radical (unpaired) electrons. The maximum absolute atomic E-state index is 13.4. The van der Waals surface area contributed by atoms with Crippen LogP contribution in [0.25, 0.3) is 0 Å². The third-order valence-electron chi connectivity index (χ3n) is 2.37. The number of rotatable bonds is 4. The van der Waals surface area contributed by atoms with Crippen LogP contribution in [-0.2, 0) is 6.54 Å². The molecule has 1 aromatic carbocycles. The molecule has 0 aliphatic heterocycles. The van der Waals surface area contributed by atoms with Gasteiger partial charge in [0.15, 0.2) is 5.96 Å². The van der Waals surface area contributed by atoms with E-state index in [1.807, 2.05) is 13.1 Å². The molecule has 0 saturated carbocycles. The summed E-state index contributed by atoms with van der Waals surface area (Å²) in [5.74, 6) is 0.702. The summed E-state index contributed by atoms with van der Waals surface area (Å²) < 4.78 is 13.4. The van der Waals surface area contributed by atoms with E-state index in [4.69, 9.17) is 5.73 Å². The molecule has 0 aliphatic rings. The van der Waals surface area contributed by atoms with Crippen molar-refractivity contribution in [1.82, 2.24) is 4.90 Å². The van der Waals surface area contributed by atoms with E-state index in [0.29, 0.717) is 30.5 Å². The van der Waals surface area contributed by atoms with Crippen molar-refractivity contribution in [2.75, 3.05) is 13.6 Å². The third-order valence-corrected chi connectivity index (χ3v) is 2.37. The number of aliphatic imine (C=N–C) groups is 1. The maximum atomic E-state index is 13.4. The normalized spacial score (nSPS) is 11.9. The fourth-order valence-electron chi connectivity index (χ4n) is 1.36. The molecule has 0 aliphatic carbocycles. The van der Waals surface area contributed by atoms with Crippen molar-refractivity contribution in [3.05, 3.63) is 35.6 Å². The molecular weight excluding hydrogens is 217 g/mol. The predicted molar refractivity (Wildman–Crippen MR) is 69.2 cm³/mol. The van der Waals surface area contributed by atoms with Gasteiger partial charge in [0, 0.05) is 25.7 Å². The van der Waals surface area contributed by atoms with Crippen LogP contribution in [0.1, 0.15) is 19.4 Å². The van der Waals surface area contributed by atoms with Gasteiger partial charge >= 0.3 is 0 Å². The van der Waals surface area contributed by atoms with Crippen molar-refractivity contribution in [3.8, 4) is 0 Å². The van der Waals surface area contributed by atoms with E-state index in [0.717, 1.165) is 0 Å². The average molecular weight is 237 g/mol. The molecule has 17 heavy (non-hydrogen) atoms. The van der Waals surface area contributed by atoms with Gasteiger partial charge in [0.05, 0.1) is 0 Å². The van der Waals surface area contributed by atoms with Crippen LogP contribution in [0.5, 0.6) is 0 Å². The minimum absolute atomic E-state index is 0.212. The fraction of sp³-hybridized carbons (Fsp3) is 0.462. The van der Waals surface area contributed by atoms with Crippen LogP contribution >= 0.6 is 0 Å². The zero-order valence-corrected chi connectivity index (χ0v) is 10.7. The number of hydrogen-bond acceptors (Lipinski definition) is 1. The summed E-state index contributed by atoms with van der Waals surface area (Å²) in [6.07, 6.45) is 0. The Labute approximate surface area is 102 Å². The Kier molecular flexibility index (Phi) is 4.94. The van der Waals surface area contributed by atoms with E-state index in [-0.39, 0.29) is 5.82 Å². The quantitative estimate of drug-likeness (QED) is 0.644. The monoisotopic (exact) mass is 237 g/mol. The zero-order valence-electron chi connectivity index (χ0n) is 10.7. The van der Waals surface area contributed by atoms with E-state index in [2.05, 4.69) is 18.8 Å². The zero-order chi connectivity index (χ0) is 12.8. The van der Waals surface area contributed by atoms with Gasteiger partial charge in [-0.15, -0.1) is 0 Å². The lowest BCUT2D eigenvalue weighted by atomic mass is 10.2. The number of nitrogens with two attached hydrogens (primary N) is 1. The summed E-state index contributed by atoms with van der Waals surface area (Å²) in [7, 11) is 1.81. The maximum Gasteiger partial charge on any atom is 0.191 e. The van der Waals surface area contributed by atoms with Crippen LogP contribution in [0.3, 0.4) is 0 Å². The largest absolute Gasteiger partial charge is 0.370 e. The lowest BCUT2D eigenvalue weighted by molar-refractivity contribution is 0.470.